The second kappa shape index (κ2) is 8.32. The first-order chi connectivity index (χ1) is 8.22. The van der Waals surface area contributed by atoms with Crippen LogP contribution < -0.4 is 10.6 Å². The van der Waals surface area contributed by atoms with Gasteiger partial charge in [-0.05, 0) is 41.7 Å². The van der Waals surface area contributed by atoms with E-state index in [1.165, 1.54) is 0 Å². The van der Waals surface area contributed by atoms with Gasteiger partial charge in [0.2, 0.25) is 0 Å². The summed E-state index contributed by atoms with van der Waals surface area (Å²) in [4.78, 5) is 13.6. The molecule has 0 rings (SSSR count). The van der Waals surface area contributed by atoms with Crippen LogP contribution >= 0.6 is 0 Å². The minimum atomic E-state index is -0.433. The third-order valence-electron chi connectivity index (χ3n) is 2.49. The first-order valence-corrected chi connectivity index (χ1v) is 6.60. The second-order valence-electron chi connectivity index (χ2n) is 5.75. The van der Waals surface area contributed by atoms with E-state index in [4.69, 9.17) is 4.74 Å². The zero-order chi connectivity index (χ0) is 14.2. The van der Waals surface area contributed by atoms with Gasteiger partial charge >= 0.3 is 6.09 Å². The molecule has 5 nitrogen and oxygen atoms in total. The average molecular weight is 259 g/mol. The lowest BCUT2D eigenvalue weighted by atomic mass is 10.2. The van der Waals surface area contributed by atoms with Crippen LogP contribution in [-0.4, -0.2) is 55.9 Å². The molecule has 0 aromatic rings. The molecule has 0 unspecified atom stereocenters. The largest absolute Gasteiger partial charge is 0.444 e. The van der Waals surface area contributed by atoms with Gasteiger partial charge < -0.3 is 20.3 Å². The average Bonchev–Trinajstić information content (AvgIpc) is 2.19. The van der Waals surface area contributed by atoms with Crippen molar-refractivity contribution in [3.63, 3.8) is 0 Å². The number of hydrogen-bond acceptors (Lipinski definition) is 4. The Morgan fingerprint density at radius 2 is 1.83 bits per heavy atom. The standard InChI is InChI=1S/C13H29N3O2/c1-11(2)16(6)10-9-14-7-8-15-12(17)18-13(3,4)5/h11,14H,7-10H2,1-6H3,(H,15,17). The number of nitrogens with one attached hydrogen (secondary N) is 2. The van der Waals surface area contributed by atoms with E-state index < -0.39 is 5.60 Å². The van der Waals surface area contributed by atoms with Crippen LogP contribution in [0.15, 0.2) is 0 Å². The second-order valence-corrected chi connectivity index (χ2v) is 5.75. The molecule has 5 heteroatoms. The van der Waals surface area contributed by atoms with Crippen LogP contribution in [0.2, 0.25) is 0 Å². The van der Waals surface area contributed by atoms with Crippen molar-refractivity contribution in [1.29, 1.82) is 0 Å². The summed E-state index contributed by atoms with van der Waals surface area (Å²) in [5.74, 6) is 0. The number of alkyl carbamates (subject to hydrolysis) is 1. The van der Waals surface area contributed by atoms with Crippen LogP contribution in [-0.2, 0) is 4.74 Å². The zero-order valence-corrected chi connectivity index (χ0v) is 12.7. The molecule has 2 N–H and O–H groups in total. The smallest absolute Gasteiger partial charge is 0.407 e. The first kappa shape index (κ1) is 17.2. The Kier molecular flexibility index (Phi) is 7.95. The summed E-state index contributed by atoms with van der Waals surface area (Å²) in [5, 5.41) is 5.99. The monoisotopic (exact) mass is 259 g/mol. The van der Waals surface area contributed by atoms with Gasteiger partial charge in [-0.1, -0.05) is 0 Å². The highest BCUT2D eigenvalue weighted by Gasteiger charge is 2.15. The maximum Gasteiger partial charge on any atom is 0.407 e. The SMILES string of the molecule is CC(C)N(C)CCNCCNC(=O)OC(C)(C)C. The molecule has 0 aromatic heterocycles. The third kappa shape index (κ3) is 10.4. The van der Waals surface area contributed by atoms with Crippen LogP contribution in [0.1, 0.15) is 34.6 Å². The Hall–Kier alpha value is -0.810. The van der Waals surface area contributed by atoms with Crippen molar-refractivity contribution < 1.29 is 9.53 Å². The number of hydrogen-bond donors (Lipinski definition) is 2. The van der Waals surface area contributed by atoms with E-state index in [9.17, 15) is 4.79 Å². The van der Waals surface area contributed by atoms with E-state index in [-0.39, 0.29) is 6.09 Å². The van der Waals surface area contributed by atoms with E-state index in [2.05, 4.69) is 36.4 Å². The Morgan fingerprint density at radius 3 is 2.33 bits per heavy atom. The zero-order valence-electron chi connectivity index (χ0n) is 12.7. The van der Waals surface area contributed by atoms with E-state index in [0.29, 0.717) is 12.6 Å². The lowest BCUT2D eigenvalue weighted by molar-refractivity contribution is 0.0528. The van der Waals surface area contributed by atoms with Crippen LogP contribution in [0.5, 0.6) is 0 Å². The normalized spacial score (nSPS) is 12.0. The molecule has 0 aliphatic rings. The molecule has 108 valence electrons. The molecule has 0 aromatic carbocycles. The number of carbonyl (C=O) groups is 1. The van der Waals surface area contributed by atoms with E-state index in [1.807, 2.05) is 20.8 Å². The fourth-order valence-electron chi connectivity index (χ4n) is 1.21. The minimum absolute atomic E-state index is 0.358. The van der Waals surface area contributed by atoms with Gasteiger partial charge in [0.05, 0.1) is 0 Å². The van der Waals surface area contributed by atoms with Crippen molar-refractivity contribution >= 4 is 6.09 Å². The Balaban J connectivity index is 3.44. The fraction of sp³-hybridized carbons (Fsp3) is 0.923. The molecule has 0 aliphatic heterocycles. The van der Waals surface area contributed by atoms with Crippen molar-refractivity contribution in [2.24, 2.45) is 0 Å². The summed E-state index contributed by atoms with van der Waals surface area (Å²) in [6.07, 6.45) is -0.358. The summed E-state index contributed by atoms with van der Waals surface area (Å²) in [5.41, 5.74) is -0.433. The summed E-state index contributed by atoms with van der Waals surface area (Å²) in [6, 6.07) is 0.562. The highest BCUT2D eigenvalue weighted by atomic mass is 16.6. The van der Waals surface area contributed by atoms with Crippen molar-refractivity contribution in [2.75, 3.05) is 33.2 Å². The van der Waals surface area contributed by atoms with Gasteiger partial charge in [-0.25, -0.2) is 4.79 Å². The lowest BCUT2D eigenvalue weighted by Crippen LogP contribution is -2.39. The van der Waals surface area contributed by atoms with E-state index in [0.717, 1.165) is 19.6 Å². The maximum atomic E-state index is 11.3. The van der Waals surface area contributed by atoms with E-state index in [1.54, 1.807) is 0 Å². The number of amides is 1. The molecule has 0 spiro atoms. The van der Waals surface area contributed by atoms with Gasteiger partial charge in [-0.15, -0.1) is 0 Å². The molecule has 18 heavy (non-hydrogen) atoms. The molecule has 0 bridgehead atoms. The number of carbonyl (C=O) groups excluding carboxylic acids is 1. The van der Waals surface area contributed by atoms with Crippen LogP contribution in [0.3, 0.4) is 0 Å². The highest BCUT2D eigenvalue weighted by molar-refractivity contribution is 5.67. The number of likely N-dealkylation sites (N-methyl/N-ethyl adjacent to an activating group) is 1. The van der Waals surface area contributed by atoms with Crippen molar-refractivity contribution in [2.45, 2.75) is 46.3 Å². The molecule has 0 radical (unpaired) electrons. The topological polar surface area (TPSA) is 53.6 Å². The van der Waals surface area contributed by atoms with Gasteiger partial charge in [-0.2, -0.15) is 0 Å². The Labute approximate surface area is 111 Å². The molecule has 0 heterocycles. The van der Waals surface area contributed by atoms with Gasteiger partial charge in [0.1, 0.15) is 5.60 Å². The highest BCUT2D eigenvalue weighted by Crippen LogP contribution is 2.05. The Morgan fingerprint density at radius 1 is 1.22 bits per heavy atom. The molecule has 0 saturated heterocycles. The van der Waals surface area contributed by atoms with Gasteiger partial charge in [0, 0.05) is 32.2 Å². The van der Waals surface area contributed by atoms with Gasteiger partial charge in [0.25, 0.3) is 0 Å². The van der Waals surface area contributed by atoms with Gasteiger partial charge in [-0.3, -0.25) is 0 Å². The Bertz CT molecular complexity index is 237. The summed E-state index contributed by atoms with van der Waals surface area (Å²) < 4.78 is 5.13. The van der Waals surface area contributed by atoms with Crippen LogP contribution in [0.4, 0.5) is 4.79 Å². The maximum absolute atomic E-state index is 11.3. The number of rotatable bonds is 7. The predicted octanol–water partition coefficient (Wildman–Crippen LogP) is 1.44. The van der Waals surface area contributed by atoms with Gasteiger partial charge in [0.15, 0.2) is 0 Å². The molecule has 0 aliphatic carbocycles. The molecular formula is C13H29N3O2. The molecular weight excluding hydrogens is 230 g/mol. The predicted molar refractivity (Wildman–Crippen MR) is 74.9 cm³/mol. The lowest BCUT2D eigenvalue weighted by Gasteiger charge is -2.21. The van der Waals surface area contributed by atoms with E-state index >= 15 is 0 Å². The molecule has 0 saturated carbocycles. The minimum Gasteiger partial charge on any atom is -0.444 e. The fourth-order valence-corrected chi connectivity index (χ4v) is 1.21. The van der Waals surface area contributed by atoms with Crippen molar-refractivity contribution in [3.8, 4) is 0 Å². The summed E-state index contributed by atoms with van der Waals surface area (Å²) in [7, 11) is 2.10. The third-order valence-corrected chi connectivity index (χ3v) is 2.49. The van der Waals surface area contributed by atoms with Crippen LogP contribution in [0, 0.1) is 0 Å². The van der Waals surface area contributed by atoms with Crippen LogP contribution in [0.25, 0.3) is 0 Å². The van der Waals surface area contributed by atoms with Crippen molar-refractivity contribution in [3.05, 3.63) is 0 Å². The molecule has 1 amide bonds. The number of ether oxygens (including phenoxy) is 1. The number of nitrogens with zero attached hydrogens (tertiary/aromatic N) is 1. The quantitative estimate of drug-likeness (QED) is 0.679. The summed E-state index contributed by atoms with van der Waals surface area (Å²) >= 11 is 0. The molecule has 0 fully saturated rings. The molecule has 0 atom stereocenters. The first-order valence-electron chi connectivity index (χ1n) is 6.60. The summed E-state index contributed by atoms with van der Waals surface area (Å²) in [6.45, 7) is 13.2. The van der Waals surface area contributed by atoms with Crippen molar-refractivity contribution in [1.82, 2.24) is 15.5 Å².